The van der Waals surface area contributed by atoms with Crippen LogP contribution in [0.15, 0.2) is 72.8 Å². The van der Waals surface area contributed by atoms with E-state index in [9.17, 15) is 40.9 Å². The number of nitrogens with zero attached hydrogens (tertiary/aromatic N) is 2. The third-order valence-electron chi connectivity index (χ3n) is 7.21. The number of aryl methyl sites for hydroxylation is 2. The van der Waals surface area contributed by atoms with Crippen LogP contribution in [-0.2, 0) is 24.4 Å². The smallest absolute Gasteiger partial charge is 0.387 e. The summed E-state index contributed by atoms with van der Waals surface area (Å²) in [4.78, 5) is 9.71. The molecular formula is C32H25F7N2O2S2. The fourth-order valence-electron chi connectivity index (χ4n) is 4.99. The van der Waals surface area contributed by atoms with Gasteiger partial charge in [0.25, 0.3) is 0 Å². The maximum atomic E-state index is 13.7. The largest absolute Gasteiger partial charge is 0.416 e. The fourth-order valence-corrected chi connectivity index (χ4v) is 7.22. The lowest BCUT2D eigenvalue weighted by Gasteiger charge is -2.30. The van der Waals surface area contributed by atoms with Crippen LogP contribution in [0.4, 0.5) is 30.7 Å². The van der Waals surface area contributed by atoms with Gasteiger partial charge in [-0.15, -0.1) is 22.7 Å². The van der Waals surface area contributed by atoms with E-state index in [4.69, 9.17) is 0 Å². The Balaban J connectivity index is 1.48. The fraction of sp³-hybridized carbons (Fsp3) is 0.250. The van der Waals surface area contributed by atoms with Crippen molar-refractivity contribution in [2.75, 3.05) is 0 Å². The van der Waals surface area contributed by atoms with Crippen LogP contribution in [0, 0.1) is 19.7 Å². The SMILES string of the molecule is Cc1nc(-c2ccc(C(F)(F)F)cc2)sc1C(O)CC(O)(Cc1ccc(F)cc1)c1sc(-c2ccc(C(F)(F)F)cc2)nc1C. The molecule has 5 rings (SSSR count). The monoisotopic (exact) mass is 666 g/mol. The minimum atomic E-state index is -4.50. The normalized spacial score (nSPS) is 14.4. The van der Waals surface area contributed by atoms with E-state index in [1.807, 2.05) is 0 Å². The second-order valence-corrected chi connectivity index (χ2v) is 12.6. The van der Waals surface area contributed by atoms with Crippen molar-refractivity contribution in [2.24, 2.45) is 0 Å². The molecule has 13 heteroatoms. The molecule has 0 saturated carbocycles. The first kappa shape index (κ1) is 32.7. The summed E-state index contributed by atoms with van der Waals surface area (Å²) in [7, 11) is 0. The molecule has 5 aromatic rings. The third kappa shape index (κ3) is 7.27. The van der Waals surface area contributed by atoms with Crippen LogP contribution in [0.5, 0.6) is 0 Å². The summed E-state index contributed by atoms with van der Waals surface area (Å²) in [6, 6.07) is 14.4. The Morgan fingerprint density at radius 2 is 1.16 bits per heavy atom. The molecular weight excluding hydrogens is 641 g/mol. The van der Waals surface area contributed by atoms with Crippen LogP contribution < -0.4 is 0 Å². The first-order valence-electron chi connectivity index (χ1n) is 13.5. The summed E-state index contributed by atoms with van der Waals surface area (Å²) in [5, 5.41) is 24.4. The van der Waals surface area contributed by atoms with Crippen molar-refractivity contribution in [1.82, 2.24) is 9.97 Å². The Bertz CT molecular complexity index is 1780. The van der Waals surface area contributed by atoms with Crippen molar-refractivity contribution >= 4 is 22.7 Å². The van der Waals surface area contributed by atoms with Gasteiger partial charge in [0.15, 0.2) is 0 Å². The summed E-state index contributed by atoms with van der Waals surface area (Å²) >= 11 is 2.15. The Kier molecular flexibility index (Phi) is 8.93. The van der Waals surface area contributed by atoms with Gasteiger partial charge in [-0.1, -0.05) is 36.4 Å². The number of hydrogen-bond acceptors (Lipinski definition) is 6. The Morgan fingerprint density at radius 3 is 1.64 bits per heavy atom. The second-order valence-electron chi connectivity index (χ2n) is 10.6. The van der Waals surface area contributed by atoms with E-state index >= 15 is 0 Å². The average Bonchev–Trinajstić information content (AvgIpc) is 3.56. The maximum Gasteiger partial charge on any atom is 0.416 e. The molecule has 2 N–H and O–H groups in total. The van der Waals surface area contributed by atoms with Crippen molar-refractivity contribution in [2.45, 2.75) is 50.7 Å². The molecule has 4 nitrogen and oxygen atoms in total. The predicted octanol–water partition coefficient (Wildman–Crippen LogP) is 9.28. The highest BCUT2D eigenvalue weighted by atomic mass is 32.1. The molecule has 0 saturated heterocycles. The van der Waals surface area contributed by atoms with Gasteiger partial charge < -0.3 is 10.2 Å². The molecule has 0 aliphatic carbocycles. The number of benzene rings is 3. The Morgan fingerprint density at radius 1 is 0.689 bits per heavy atom. The van der Waals surface area contributed by atoms with Crippen molar-refractivity contribution < 1.29 is 40.9 Å². The van der Waals surface area contributed by atoms with Crippen LogP contribution in [0.2, 0.25) is 0 Å². The minimum Gasteiger partial charge on any atom is -0.387 e. The van der Waals surface area contributed by atoms with Crippen LogP contribution in [-0.4, -0.2) is 20.2 Å². The van der Waals surface area contributed by atoms with Crippen LogP contribution in [0.1, 0.15) is 50.4 Å². The lowest BCUT2D eigenvalue weighted by atomic mass is 9.86. The van der Waals surface area contributed by atoms with Crippen molar-refractivity contribution in [3.05, 3.63) is 116 Å². The highest BCUT2D eigenvalue weighted by Crippen LogP contribution is 2.44. The number of thiazole rings is 2. The lowest BCUT2D eigenvalue weighted by molar-refractivity contribution is -0.138. The number of aliphatic hydroxyl groups excluding tert-OH is 1. The predicted molar refractivity (Wildman–Crippen MR) is 158 cm³/mol. The molecule has 2 aromatic heterocycles. The van der Waals surface area contributed by atoms with Gasteiger partial charge in [0.2, 0.25) is 0 Å². The van der Waals surface area contributed by atoms with Crippen molar-refractivity contribution in [1.29, 1.82) is 0 Å². The number of alkyl halides is 6. The lowest BCUT2D eigenvalue weighted by Crippen LogP contribution is -2.31. The summed E-state index contributed by atoms with van der Waals surface area (Å²) < 4.78 is 92.0. The highest BCUT2D eigenvalue weighted by molar-refractivity contribution is 7.15. The first-order chi connectivity index (χ1) is 21.0. The van der Waals surface area contributed by atoms with E-state index in [0.717, 1.165) is 46.9 Å². The van der Waals surface area contributed by atoms with Gasteiger partial charge in [0.05, 0.1) is 38.4 Å². The minimum absolute atomic E-state index is 0.0521. The summed E-state index contributed by atoms with van der Waals surface area (Å²) in [5.74, 6) is -0.475. The Labute approximate surface area is 261 Å². The number of halogens is 7. The molecule has 0 amide bonds. The number of aromatic nitrogens is 2. The van der Waals surface area contributed by atoms with Crippen LogP contribution >= 0.6 is 22.7 Å². The van der Waals surface area contributed by atoms with E-state index in [1.165, 1.54) is 48.5 Å². The van der Waals surface area contributed by atoms with E-state index < -0.39 is 41.0 Å². The molecule has 0 bridgehead atoms. The van der Waals surface area contributed by atoms with E-state index in [1.54, 1.807) is 13.8 Å². The number of rotatable bonds is 8. The zero-order valence-electron chi connectivity index (χ0n) is 23.7. The highest BCUT2D eigenvalue weighted by Gasteiger charge is 2.38. The molecule has 0 aliphatic rings. The zero-order valence-corrected chi connectivity index (χ0v) is 25.3. The zero-order chi connectivity index (χ0) is 32.7. The summed E-state index contributed by atoms with van der Waals surface area (Å²) in [6.07, 6.45) is -10.6. The summed E-state index contributed by atoms with van der Waals surface area (Å²) in [6.45, 7) is 3.28. The quantitative estimate of drug-likeness (QED) is 0.162. The third-order valence-corrected chi connectivity index (χ3v) is 9.92. The molecule has 0 radical (unpaired) electrons. The van der Waals surface area contributed by atoms with E-state index in [0.29, 0.717) is 47.8 Å². The summed E-state index contributed by atoms with van der Waals surface area (Å²) in [5.41, 5.74) is -1.15. The van der Waals surface area contributed by atoms with Crippen LogP contribution in [0.25, 0.3) is 21.1 Å². The molecule has 0 fully saturated rings. The van der Waals surface area contributed by atoms with Gasteiger partial charge in [-0.05, 0) is 55.8 Å². The number of hydrogen-bond donors (Lipinski definition) is 2. The van der Waals surface area contributed by atoms with Crippen molar-refractivity contribution in [3.8, 4) is 21.1 Å². The van der Waals surface area contributed by atoms with Gasteiger partial charge >= 0.3 is 12.4 Å². The van der Waals surface area contributed by atoms with Gasteiger partial charge in [0, 0.05) is 24.0 Å². The molecule has 3 aromatic carbocycles. The molecule has 0 aliphatic heterocycles. The molecule has 0 spiro atoms. The Hall–Kier alpha value is -3.65. The van der Waals surface area contributed by atoms with Crippen LogP contribution in [0.3, 0.4) is 0 Å². The van der Waals surface area contributed by atoms with Gasteiger partial charge in [-0.25, -0.2) is 14.4 Å². The first-order valence-corrected chi connectivity index (χ1v) is 15.1. The van der Waals surface area contributed by atoms with E-state index in [-0.39, 0.29) is 12.8 Å². The topological polar surface area (TPSA) is 66.2 Å². The average molecular weight is 667 g/mol. The molecule has 236 valence electrons. The standard InChI is InChI=1S/C32H25F7N2O2S2/c1-17-26(44-28(40-17)20-5-9-22(10-6-20)31(34,35)36)25(42)16-30(43,15-19-3-13-24(33)14-4-19)27-18(2)41-29(45-27)21-7-11-23(12-8-21)32(37,38)39/h3-14,25,42-43H,15-16H2,1-2H3. The van der Waals surface area contributed by atoms with Gasteiger partial charge in [-0.2, -0.15) is 26.3 Å². The van der Waals surface area contributed by atoms with E-state index in [2.05, 4.69) is 9.97 Å². The molecule has 2 atom stereocenters. The second kappa shape index (κ2) is 12.3. The maximum absolute atomic E-state index is 13.7. The molecule has 2 heterocycles. The molecule has 45 heavy (non-hydrogen) atoms. The van der Waals surface area contributed by atoms with Crippen molar-refractivity contribution in [3.63, 3.8) is 0 Å². The van der Waals surface area contributed by atoms with Gasteiger partial charge in [-0.3, -0.25) is 0 Å². The number of aliphatic hydroxyl groups is 2. The molecule has 2 unspecified atom stereocenters. The van der Waals surface area contributed by atoms with Gasteiger partial charge in [0.1, 0.15) is 21.4 Å².